The second kappa shape index (κ2) is 6.29. The number of halogens is 1. The Bertz CT molecular complexity index is 579. The molecule has 0 aliphatic rings. The van der Waals surface area contributed by atoms with E-state index in [1.54, 1.807) is 0 Å². The normalized spacial score (nSPS) is 12.4. The van der Waals surface area contributed by atoms with Gasteiger partial charge in [0, 0.05) is 32.5 Å². The third kappa shape index (κ3) is 3.14. The van der Waals surface area contributed by atoms with Gasteiger partial charge in [-0.25, -0.2) is 4.98 Å². The van der Waals surface area contributed by atoms with Crippen molar-refractivity contribution in [3.63, 3.8) is 0 Å². The Morgan fingerprint density at radius 3 is 2.75 bits per heavy atom. The highest BCUT2D eigenvalue weighted by Gasteiger charge is 2.11. The highest BCUT2D eigenvalue weighted by atomic mass is 35.5. The fourth-order valence-corrected chi connectivity index (χ4v) is 2.45. The van der Waals surface area contributed by atoms with E-state index in [1.807, 2.05) is 44.2 Å². The van der Waals surface area contributed by atoms with Crippen molar-refractivity contribution in [3.8, 4) is 0 Å². The van der Waals surface area contributed by atoms with Crippen LogP contribution in [0.15, 0.2) is 30.6 Å². The first-order valence-corrected chi connectivity index (χ1v) is 7.04. The van der Waals surface area contributed by atoms with E-state index < -0.39 is 0 Å². The van der Waals surface area contributed by atoms with Gasteiger partial charge in [-0.1, -0.05) is 17.7 Å². The molecule has 1 atom stereocenters. The van der Waals surface area contributed by atoms with E-state index in [9.17, 15) is 0 Å². The van der Waals surface area contributed by atoms with Gasteiger partial charge in [0.2, 0.25) is 0 Å². The van der Waals surface area contributed by atoms with Gasteiger partial charge in [0.25, 0.3) is 0 Å². The fourth-order valence-electron chi connectivity index (χ4n) is 2.11. The molecular weight excluding hydrogens is 272 g/mol. The van der Waals surface area contributed by atoms with Crippen LogP contribution in [0.2, 0.25) is 5.02 Å². The van der Waals surface area contributed by atoms with Crippen molar-refractivity contribution in [2.24, 2.45) is 7.05 Å². The standard InChI is InChI=1S/C15H21ClN4/c1-11(17-2)12-5-6-14(13(16)9-12)20(4)10-15-18-7-8-19(15)3/h5-9,11,17H,10H2,1-4H3. The number of anilines is 1. The van der Waals surface area contributed by atoms with E-state index in [0.29, 0.717) is 6.04 Å². The van der Waals surface area contributed by atoms with Crippen LogP contribution in [0.5, 0.6) is 0 Å². The smallest absolute Gasteiger partial charge is 0.127 e. The van der Waals surface area contributed by atoms with Gasteiger partial charge in [-0.2, -0.15) is 0 Å². The van der Waals surface area contributed by atoms with E-state index in [2.05, 4.69) is 34.3 Å². The molecule has 0 saturated heterocycles. The zero-order valence-corrected chi connectivity index (χ0v) is 13.1. The van der Waals surface area contributed by atoms with Crippen molar-refractivity contribution in [3.05, 3.63) is 47.0 Å². The lowest BCUT2D eigenvalue weighted by Crippen LogP contribution is -2.19. The van der Waals surface area contributed by atoms with Gasteiger partial charge < -0.3 is 14.8 Å². The molecule has 2 aromatic rings. The van der Waals surface area contributed by atoms with Crippen LogP contribution in [0.3, 0.4) is 0 Å². The number of aromatic nitrogens is 2. The van der Waals surface area contributed by atoms with Crippen LogP contribution in [-0.2, 0) is 13.6 Å². The SMILES string of the molecule is CNC(C)c1ccc(N(C)Cc2nccn2C)c(Cl)c1. The maximum atomic E-state index is 6.41. The molecule has 108 valence electrons. The molecule has 0 aliphatic heterocycles. The first-order valence-electron chi connectivity index (χ1n) is 6.67. The minimum Gasteiger partial charge on any atom is -0.366 e. The van der Waals surface area contributed by atoms with Gasteiger partial charge in [0.15, 0.2) is 0 Å². The van der Waals surface area contributed by atoms with Crippen molar-refractivity contribution in [1.29, 1.82) is 0 Å². The summed E-state index contributed by atoms with van der Waals surface area (Å²) in [6, 6.07) is 6.49. The van der Waals surface area contributed by atoms with Gasteiger partial charge in [0.1, 0.15) is 5.82 Å². The van der Waals surface area contributed by atoms with Crippen molar-refractivity contribution < 1.29 is 0 Å². The Labute approximate surface area is 125 Å². The summed E-state index contributed by atoms with van der Waals surface area (Å²) >= 11 is 6.41. The van der Waals surface area contributed by atoms with Gasteiger partial charge >= 0.3 is 0 Å². The molecule has 0 fully saturated rings. The Morgan fingerprint density at radius 1 is 1.45 bits per heavy atom. The molecule has 1 aromatic carbocycles. The number of hydrogen-bond donors (Lipinski definition) is 1. The quantitative estimate of drug-likeness (QED) is 0.920. The molecule has 4 nitrogen and oxygen atoms in total. The molecule has 0 aliphatic carbocycles. The second-order valence-corrected chi connectivity index (χ2v) is 5.44. The molecule has 0 amide bonds. The molecule has 1 aromatic heterocycles. The number of aryl methyl sites for hydroxylation is 1. The summed E-state index contributed by atoms with van der Waals surface area (Å²) in [7, 11) is 5.96. The second-order valence-electron chi connectivity index (χ2n) is 5.03. The topological polar surface area (TPSA) is 33.1 Å². The number of imidazole rings is 1. The van der Waals surface area contributed by atoms with Crippen LogP contribution in [-0.4, -0.2) is 23.6 Å². The van der Waals surface area contributed by atoms with E-state index in [4.69, 9.17) is 11.6 Å². The average molecular weight is 293 g/mol. The molecule has 1 unspecified atom stereocenters. The lowest BCUT2D eigenvalue weighted by atomic mass is 10.1. The summed E-state index contributed by atoms with van der Waals surface area (Å²) in [5.74, 6) is 1.01. The van der Waals surface area contributed by atoms with Crippen LogP contribution in [0.4, 0.5) is 5.69 Å². The van der Waals surface area contributed by atoms with Crippen molar-refractivity contribution >= 4 is 17.3 Å². The first-order chi connectivity index (χ1) is 9.52. The predicted molar refractivity (Wildman–Crippen MR) is 84.2 cm³/mol. The maximum Gasteiger partial charge on any atom is 0.127 e. The number of nitrogens with one attached hydrogen (secondary N) is 1. The molecule has 0 bridgehead atoms. The molecule has 5 heteroatoms. The van der Waals surface area contributed by atoms with Gasteiger partial charge in [0.05, 0.1) is 17.3 Å². The molecule has 1 heterocycles. The van der Waals surface area contributed by atoms with Gasteiger partial charge in [-0.05, 0) is 31.7 Å². The summed E-state index contributed by atoms with van der Waals surface area (Å²) in [4.78, 5) is 6.45. The van der Waals surface area contributed by atoms with Crippen LogP contribution in [0, 0.1) is 0 Å². The number of benzene rings is 1. The molecule has 1 N–H and O–H groups in total. The van der Waals surface area contributed by atoms with E-state index in [-0.39, 0.29) is 0 Å². The first kappa shape index (κ1) is 14.9. The van der Waals surface area contributed by atoms with Crippen molar-refractivity contribution in [2.75, 3.05) is 19.0 Å². The highest BCUT2D eigenvalue weighted by Crippen LogP contribution is 2.29. The highest BCUT2D eigenvalue weighted by molar-refractivity contribution is 6.33. The van der Waals surface area contributed by atoms with Crippen LogP contribution < -0.4 is 10.2 Å². The summed E-state index contributed by atoms with van der Waals surface area (Å²) in [5, 5.41) is 3.98. The molecule has 0 radical (unpaired) electrons. The Kier molecular flexibility index (Phi) is 4.68. The van der Waals surface area contributed by atoms with Crippen LogP contribution in [0.25, 0.3) is 0 Å². The largest absolute Gasteiger partial charge is 0.366 e. The van der Waals surface area contributed by atoms with E-state index in [0.717, 1.165) is 23.1 Å². The van der Waals surface area contributed by atoms with E-state index >= 15 is 0 Å². The lowest BCUT2D eigenvalue weighted by Gasteiger charge is -2.21. The minimum atomic E-state index is 0.293. The monoisotopic (exact) mass is 292 g/mol. The average Bonchev–Trinajstić information content (AvgIpc) is 2.83. The summed E-state index contributed by atoms with van der Waals surface area (Å²) < 4.78 is 2.02. The van der Waals surface area contributed by atoms with Crippen molar-refractivity contribution in [2.45, 2.75) is 19.5 Å². The number of rotatable bonds is 5. The maximum absolute atomic E-state index is 6.41. The number of nitrogens with zero attached hydrogens (tertiary/aromatic N) is 3. The predicted octanol–water partition coefficient (Wildman–Crippen LogP) is 2.99. The van der Waals surface area contributed by atoms with Crippen LogP contribution in [0.1, 0.15) is 24.4 Å². The van der Waals surface area contributed by atoms with Crippen molar-refractivity contribution in [1.82, 2.24) is 14.9 Å². The molecular formula is C15H21ClN4. The number of hydrogen-bond acceptors (Lipinski definition) is 3. The summed E-state index contributed by atoms with van der Waals surface area (Å²) in [5.41, 5.74) is 2.20. The fraction of sp³-hybridized carbons (Fsp3) is 0.400. The molecule has 2 rings (SSSR count). The summed E-state index contributed by atoms with van der Waals surface area (Å²) in [6.45, 7) is 2.84. The third-order valence-corrected chi connectivity index (χ3v) is 3.92. The minimum absolute atomic E-state index is 0.293. The van der Waals surface area contributed by atoms with Crippen LogP contribution >= 0.6 is 11.6 Å². The van der Waals surface area contributed by atoms with Gasteiger partial charge in [-0.15, -0.1) is 0 Å². The molecule has 0 spiro atoms. The Hall–Kier alpha value is -1.52. The third-order valence-electron chi connectivity index (χ3n) is 3.62. The molecule has 20 heavy (non-hydrogen) atoms. The van der Waals surface area contributed by atoms with Gasteiger partial charge in [-0.3, -0.25) is 0 Å². The van der Waals surface area contributed by atoms with E-state index in [1.165, 1.54) is 5.56 Å². The lowest BCUT2D eigenvalue weighted by molar-refractivity contribution is 0.652. The molecule has 0 saturated carbocycles. The Morgan fingerprint density at radius 2 is 2.20 bits per heavy atom. The zero-order valence-electron chi connectivity index (χ0n) is 12.4. The zero-order chi connectivity index (χ0) is 14.7. The summed E-state index contributed by atoms with van der Waals surface area (Å²) in [6.07, 6.45) is 3.75. The Balaban J connectivity index is 2.18.